The van der Waals surface area contributed by atoms with Gasteiger partial charge in [0.25, 0.3) is 0 Å². The van der Waals surface area contributed by atoms with E-state index in [0.29, 0.717) is 113 Å². The quantitative estimate of drug-likeness (QED) is 0.142. The Morgan fingerprint density at radius 2 is 0.655 bits per heavy atom. The van der Waals surface area contributed by atoms with Gasteiger partial charge in [-0.25, -0.2) is 9.97 Å². The summed E-state index contributed by atoms with van der Waals surface area (Å²) < 4.78 is 175. The van der Waals surface area contributed by atoms with Crippen LogP contribution in [0.15, 0.2) is 231 Å². The Morgan fingerprint density at radius 1 is 0.262 bits per heavy atom. The predicted octanol–water partition coefficient (Wildman–Crippen LogP) is 20.7. The maximum atomic E-state index is 14.3. The van der Waals surface area contributed by atoms with Crippen molar-refractivity contribution >= 4 is 43.6 Å². The van der Waals surface area contributed by atoms with Gasteiger partial charge in [0.2, 0.25) is 0 Å². The summed E-state index contributed by atoms with van der Waals surface area (Å²) in [6.45, 7) is 0. The first-order valence-corrected chi connectivity index (χ1v) is 26.1. The maximum Gasteiger partial charge on any atom is 0.416 e. The Hall–Kier alpha value is -9.96. The van der Waals surface area contributed by atoms with E-state index in [2.05, 4.69) is 0 Å². The summed E-state index contributed by atoms with van der Waals surface area (Å²) in [4.78, 5) is 10.3. The molecule has 0 amide bonds. The zero-order valence-electron chi connectivity index (χ0n) is 43.3. The van der Waals surface area contributed by atoms with Crippen molar-refractivity contribution in [2.24, 2.45) is 0 Å². The van der Waals surface area contributed by atoms with Crippen LogP contribution in [0.1, 0.15) is 22.3 Å². The number of alkyl halides is 12. The summed E-state index contributed by atoms with van der Waals surface area (Å²) in [5, 5.41) is 2.30. The van der Waals surface area contributed by atoms with Crippen molar-refractivity contribution in [2.75, 3.05) is 0 Å². The second kappa shape index (κ2) is 19.9. The van der Waals surface area contributed by atoms with E-state index >= 15 is 0 Å². The van der Waals surface area contributed by atoms with Crippen LogP contribution in [0.25, 0.3) is 122 Å². The smallest absolute Gasteiger partial charge is 0.309 e. The standard InChI is InChI=1S/C68H38F12N4/c69-65(70,71)45-30-43(31-46(36-45)66(72,73)74)41-26-28-60-53(34-41)49-18-7-10-22-57(49)83(60)59-24-12-9-20-52(59)63-51(56-38-55(39-14-3-1-4-15-39)81-64(82-56)40-16-5-2-6-17-40)21-13-25-62(63)84-58-23-11-8-19-50(58)54-35-42(27-29-61(54)84)44-32-47(67(75,76)77)37-48(33-44)68(78,79)80/h1-38H. The lowest BCUT2D eigenvalue weighted by Gasteiger charge is -2.22. The van der Waals surface area contributed by atoms with Gasteiger partial charge >= 0.3 is 24.7 Å². The van der Waals surface area contributed by atoms with Crippen LogP contribution < -0.4 is 0 Å². The number of fused-ring (bicyclic) bond motifs is 6. The topological polar surface area (TPSA) is 35.6 Å². The minimum atomic E-state index is -5.08. The molecule has 16 heteroatoms. The normalized spacial score (nSPS) is 12.5. The number of hydrogen-bond acceptors (Lipinski definition) is 2. The van der Waals surface area contributed by atoms with Crippen LogP contribution in [0.3, 0.4) is 0 Å². The highest BCUT2D eigenvalue weighted by Gasteiger charge is 2.39. The maximum absolute atomic E-state index is 14.3. The molecule has 0 radical (unpaired) electrons. The third-order valence-corrected chi connectivity index (χ3v) is 15.0. The average Bonchev–Trinajstić information content (AvgIpc) is 2.22. The van der Waals surface area contributed by atoms with E-state index in [9.17, 15) is 52.7 Å². The number of aromatic nitrogens is 4. The first kappa shape index (κ1) is 53.4. The van der Waals surface area contributed by atoms with E-state index in [0.717, 1.165) is 11.1 Å². The Kier molecular flexibility index (Phi) is 12.6. The fraction of sp³-hybridized carbons (Fsp3) is 0.0588. The van der Waals surface area contributed by atoms with Gasteiger partial charge in [-0.1, -0.05) is 140 Å². The van der Waals surface area contributed by atoms with E-state index in [1.165, 1.54) is 12.1 Å². The molecule has 10 aromatic carbocycles. The van der Waals surface area contributed by atoms with Gasteiger partial charge in [0.15, 0.2) is 5.82 Å². The highest BCUT2D eigenvalue weighted by Crippen LogP contribution is 2.48. The van der Waals surface area contributed by atoms with Gasteiger partial charge in [-0.05, 0) is 113 Å². The van der Waals surface area contributed by atoms with Crippen molar-refractivity contribution in [3.63, 3.8) is 0 Å². The van der Waals surface area contributed by atoms with Crippen LogP contribution in [-0.4, -0.2) is 19.1 Å². The van der Waals surface area contributed by atoms with E-state index in [-0.39, 0.29) is 34.4 Å². The fourth-order valence-corrected chi connectivity index (χ4v) is 11.2. The zero-order chi connectivity index (χ0) is 58.5. The molecule has 0 unspecified atom stereocenters. The number of para-hydroxylation sites is 3. The Labute approximate surface area is 469 Å². The second-order valence-corrected chi connectivity index (χ2v) is 20.2. The molecule has 0 saturated heterocycles. The molecule has 0 saturated carbocycles. The largest absolute Gasteiger partial charge is 0.416 e. The fourth-order valence-electron chi connectivity index (χ4n) is 11.2. The Balaban J connectivity index is 1.09. The average molecular weight is 1140 g/mol. The first-order valence-electron chi connectivity index (χ1n) is 26.1. The first-order chi connectivity index (χ1) is 40.2. The van der Waals surface area contributed by atoms with E-state index in [4.69, 9.17) is 9.97 Å². The van der Waals surface area contributed by atoms with Crippen molar-refractivity contribution in [1.29, 1.82) is 0 Å². The van der Waals surface area contributed by atoms with Crippen LogP contribution in [0.4, 0.5) is 52.7 Å². The van der Waals surface area contributed by atoms with Crippen LogP contribution in [-0.2, 0) is 24.7 Å². The van der Waals surface area contributed by atoms with Crippen LogP contribution >= 0.6 is 0 Å². The van der Waals surface area contributed by atoms with Crippen LogP contribution in [0.5, 0.6) is 0 Å². The third-order valence-electron chi connectivity index (χ3n) is 15.0. The van der Waals surface area contributed by atoms with Crippen LogP contribution in [0.2, 0.25) is 0 Å². The van der Waals surface area contributed by atoms with Gasteiger partial charge in [0.1, 0.15) is 0 Å². The minimum absolute atomic E-state index is 0.0940. The summed E-state index contributed by atoms with van der Waals surface area (Å²) >= 11 is 0. The van der Waals surface area contributed by atoms with E-state index < -0.39 is 47.0 Å². The molecule has 0 aliphatic heterocycles. The predicted molar refractivity (Wildman–Crippen MR) is 303 cm³/mol. The molecule has 3 aromatic heterocycles. The highest BCUT2D eigenvalue weighted by atomic mass is 19.4. The molecule has 0 bridgehead atoms. The van der Waals surface area contributed by atoms with Gasteiger partial charge in [-0.15, -0.1) is 0 Å². The van der Waals surface area contributed by atoms with Crippen molar-refractivity contribution in [2.45, 2.75) is 24.7 Å². The number of halogens is 12. The summed E-state index contributed by atoms with van der Waals surface area (Å²) in [7, 11) is 0. The van der Waals surface area contributed by atoms with Gasteiger partial charge in [-0.2, -0.15) is 52.7 Å². The van der Waals surface area contributed by atoms with Crippen molar-refractivity contribution < 1.29 is 52.7 Å². The third kappa shape index (κ3) is 9.56. The number of benzene rings is 10. The summed E-state index contributed by atoms with van der Waals surface area (Å²) in [5.41, 5.74) is 1.81. The molecular weight excluding hydrogens is 1100 g/mol. The number of hydrogen-bond donors (Lipinski definition) is 0. The van der Waals surface area contributed by atoms with Crippen molar-refractivity contribution in [3.05, 3.63) is 253 Å². The zero-order valence-corrected chi connectivity index (χ0v) is 43.3. The lowest BCUT2D eigenvalue weighted by atomic mass is 9.93. The summed E-state index contributed by atoms with van der Waals surface area (Å²) in [6, 6.07) is 61.0. The molecule has 4 nitrogen and oxygen atoms in total. The molecule has 0 N–H and O–H groups in total. The monoisotopic (exact) mass is 1140 g/mol. The molecule has 84 heavy (non-hydrogen) atoms. The SMILES string of the molecule is FC(F)(F)c1cc(-c2ccc3c(c2)c2ccccc2n3-c2ccccc2-c2c(-c3cc(-c4ccccc4)nc(-c4ccccc4)n3)cccc2-n2c3ccccc3c3cc(-c4cc(C(F)(F)F)cc(C(F)(F)F)c4)ccc32)cc(C(F)(F)F)c1. The molecule has 0 spiro atoms. The number of rotatable bonds is 8. The molecule has 3 heterocycles. The molecule has 0 fully saturated rings. The van der Waals surface area contributed by atoms with Crippen molar-refractivity contribution in [1.82, 2.24) is 19.1 Å². The van der Waals surface area contributed by atoms with Crippen LogP contribution in [0, 0.1) is 0 Å². The van der Waals surface area contributed by atoms with Gasteiger partial charge in [0, 0.05) is 49.4 Å². The van der Waals surface area contributed by atoms with E-state index in [1.54, 1.807) is 36.4 Å². The number of nitrogens with zero attached hydrogens (tertiary/aromatic N) is 4. The van der Waals surface area contributed by atoms with E-state index in [1.807, 2.05) is 155 Å². The van der Waals surface area contributed by atoms with Gasteiger partial charge < -0.3 is 9.13 Å². The Morgan fingerprint density at radius 3 is 1.15 bits per heavy atom. The van der Waals surface area contributed by atoms with Crippen molar-refractivity contribution in [3.8, 4) is 78.7 Å². The second-order valence-electron chi connectivity index (χ2n) is 20.2. The molecule has 0 aliphatic rings. The molecule has 0 aliphatic carbocycles. The highest BCUT2D eigenvalue weighted by molar-refractivity contribution is 6.13. The minimum Gasteiger partial charge on any atom is -0.309 e. The molecular formula is C68H38F12N4. The Bertz CT molecular complexity index is 4600. The van der Waals surface area contributed by atoms with Gasteiger partial charge in [-0.3, -0.25) is 0 Å². The molecule has 414 valence electrons. The molecule has 13 aromatic rings. The lowest BCUT2D eigenvalue weighted by molar-refractivity contribution is -0.144. The summed E-state index contributed by atoms with van der Waals surface area (Å²) in [6.07, 6.45) is -20.3. The summed E-state index contributed by atoms with van der Waals surface area (Å²) in [5.74, 6) is 0.408. The molecule has 0 atom stereocenters. The lowest BCUT2D eigenvalue weighted by Crippen LogP contribution is -2.11. The van der Waals surface area contributed by atoms with Gasteiger partial charge in [0.05, 0.1) is 67.1 Å². The molecule has 13 rings (SSSR count).